The summed E-state index contributed by atoms with van der Waals surface area (Å²) >= 11 is 5.11. The van der Waals surface area contributed by atoms with Crippen molar-refractivity contribution in [2.24, 2.45) is 0 Å². The molecule has 0 spiro atoms. The molecule has 0 fully saturated rings. The largest absolute Gasteiger partial charge is 0.478 e. The topological polar surface area (TPSA) is 53.4 Å². The van der Waals surface area contributed by atoms with Gasteiger partial charge in [-0.25, -0.2) is 9.78 Å². The number of anilines is 1. The number of aromatic nitrogens is 1. The van der Waals surface area contributed by atoms with Gasteiger partial charge in [0.2, 0.25) is 0 Å². The van der Waals surface area contributed by atoms with Crippen molar-refractivity contribution in [3.8, 4) is 0 Å². The van der Waals surface area contributed by atoms with Gasteiger partial charge in [0.05, 0.1) is 12.1 Å². The molecule has 6 heteroatoms. The molecule has 0 aliphatic carbocycles. The van der Waals surface area contributed by atoms with Gasteiger partial charge in [-0.05, 0) is 40.5 Å². The third-order valence-electron chi connectivity index (χ3n) is 2.67. The second-order valence-electron chi connectivity index (χ2n) is 4.26. The number of carboxylic acids is 1. The molecule has 1 N–H and O–H groups in total. The lowest BCUT2D eigenvalue weighted by atomic mass is 10.2. The number of aromatic carboxylic acids is 1. The van der Waals surface area contributed by atoms with Gasteiger partial charge < -0.3 is 10.0 Å². The van der Waals surface area contributed by atoms with E-state index in [-0.39, 0.29) is 5.56 Å². The van der Waals surface area contributed by atoms with E-state index in [2.05, 4.69) is 27.0 Å². The van der Waals surface area contributed by atoms with Crippen molar-refractivity contribution in [2.75, 3.05) is 11.9 Å². The minimum atomic E-state index is -0.952. The summed E-state index contributed by atoms with van der Waals surface area (Å²) in [6, 6.07) is 3.72. The molecule has 0 atom stereocenters. The van der Waals surface area contributed by atoms with E-state index < -0.39 is 5.97 Å². The van der Waals surface area contributed by atoms with Crippen molar-refractivity contribution in [1.82, 2.24) is 4.98 Å². The molecule has 2 rings (SSSR count). The Balaban J connectivity index is 2.19. The van der Waals surface area contributed by atoms with Crippen LogP contribution in [0.5, 0.6) is 0 Å². The molecule has 0 aliphatic heterocycles. The van der Waals surface area contributed by atoms with E-state index in [1.807, 2.05) is 24.3 Å². The molecule has 2 heterocycles. The van der Waals surface area contributed by atoms with Crippen LogP contribution in [-0.4, -0.2) is 23.1 Å². The fourth-order valence-electron chi connectivity index (χ4n) is 1.83. The monoisotopic (exact) mass is 340 g/mol. The summed E-state index contributed by atoms with van der Waals surface area (Å²) in [6.45, 7) is 2.62. The maximum atomic E-state index is 10.9. The van der Waals surface area contributed by atoms with E-state index in [9.17, 15) is 4.79 Å². The molecule has 0 saturated heterocycles. The van der Waals surface area contributed by atoms with Gasteiger partial charge in [-0.2, -0.15) is 0 Å². The zero-order valence-corrected chi connectivity index (χ0v) is 13.0. The van der Waals surface area contributed by atoms with Crippen LogP contribution in [-0.2, 0) is 6.54 Å². The number of nitrogens with zero attached hydrogens (tertiary/aromatic N) is 2. The third-order valence-corrected chi connectivity index (χ3v) is 4.36. The van der Waals surface area contributed by atoms with Crippen LogP contribution in [0.3, 0.4) is 0 Å². The molecule has 19 heavy (non-hydrogen) atoms. The van der Waals surface area contributed by atoms with Crippen LogP contribution in [0, 0.1) is 6.92 Å². The lowest BCUT2D eigenvalue weighted by Crippen LogP contribution is -2.18. The van der Waals surface area contributed by atoms with Crippen LogP contribution in [0.15, 0.2) is 28.2 Å². The summed E-state index contributed by atoms with van der Waals surface area (Å²) in [5.74, 6) is -0.151. The van der Waals surface area contributed by atoms with Gasteiger partial charge in [0.1, 0.15) is 5.82 Å². The predicted octanol–water partition coefficient (Wildman–Crippen LogP) is 3.55. The van der Waals surface area contributed by atoms with Crippen molar-refractivity contribution < 1.29 is 9.90 Å². The maximum absolute atomic E-state index is 10.9. The number of hydrogen-bond acceptors (Lipinski definition) is 4. The highest BCUT2D eigenvalue weighted by molar-refractivity contribution is 9.10. The second kappa shape index (κ2) is 5.71. The first kappa shape index (κ1) is 14.0. The minimum absolute atomic E-state index is 0.216. The van der Waals surface area contributed by atoms with Crippen LogP contribution in [0.4, 0.5) is 5.82 Å². The van der Waals surface area contributed by atoms with Gasteiger partial charge >= 0.3 is 5.97 Å². The Hall–Kier alpha value is -1.40. The molecular formula is C13H13BrN2O2S. The van der Waals surface area contributed by atoms with Gasteiger partial charge in [-0.1, -0.05) is 0 Å². The van der Waals surface area contributed by atoms with Gasteiger partial charge in [-0.15, -0.1) is 11.3 Å². The molecule has 0 bridgehead atoms. The van der Waals surface area contributed by atoms with Crippen molar-refractivity contribution in [2.45, 2.75) is 13.5 Å². The standard InChI is InChI=1S/C13H13BrN2O2S/c1-8-3-9(13(17)18)5-15-12(8)16(2)6-11-4-10(14)7-19-11/h3-5,7H,6H2,1-2H3,(H,17,18). The molecule has 0 aliphatic rings. The van der Waals surface area contributed by atoms with Crippen molar-refractivity contribution in [1.29, 1.82) is 0 Å². The van der Waals surface area contributed by atoms with Gasteiger partial charge in [-0.3, -0.25) is 0 Å². The van der Waals surface area contributed by atoms with E-state index in [1.165, 1.54) is 11.1 Å². The highest BCUT2D eigenvalue weighted by Crippen LogP contribution is 2.24. The smallest absolute Gasteiger partial charge is 0.337 e. The Bertz CT molecular complexity index is 612. The van der Waals surface area contributed by atoms with Crippen molar-refractivity contribution >= 4 is 39.1 Å². The van der Waals surface area contributed by atoms with Crippen LogP contribution in [0.1, 0.15) is 20.8 Å². The van der Waals surface area contributed by atoms with E-state index in [4.69, 9.17) is 5.11 Å². The first-order valence-electron chi connectivity index (χ1n) is 5.61. The molecule has 2 aromatic rings. The lowest BCUT2D eigenvalue weighted by molar-refractivity contribution is 0.0696. The summed E-state index contributed by atoms with van der Waals surface area (Å²) in [5, 5.41) is 11.0. The SMILES string of the molecule is Cc1cc(C(=O)O)cnc1N(C)Cc1cc(Br)cs1. The molecule has 0 aromatic carbocycles. The molecule has 0 saturated carbocycles. The molecular weight excluding hydrogens is 328 g/mol. The van der Waals surface area contributed by atoms with Gasteiger partial charge in [0.25, 0.3) is 0 Å². The predicted molar refractivity (Wildman–Crippen MR) is 80.1 cm³/mol. The molecule has 100 valence electrons. The maximum Gasteiger partial charge on any atom is 0.337 e. The summed E-state index contributed by atoms with van der Waals surface area (Å²) in [7, 11) is 1.95. The van der Waals surface area contributed by atoms with E-state index in [0.717, 1.165) is 22.4 Å². The quantitative estimate of drug-likeness (QED) is 0.924. The first-order chi connectivity index (χ1) is 8.97. The van der Waals surface area contributed by atoms with Crippen LogP contribution < -0.4 is 4.90 Å². The highest BCUT2D eigenvalue weighted by atomic mass is 79.9. The average Bonchev–Trinajstić information content (AvgIpc) is 2.74. The Kier molecular flexibility index (Phi) is 4.21. The number of thiophene rings is 1. The van der Waals surface area contributed by atoms with E-state index >= 15 is 0 Å². The summed E-state index contributed by atoms with van der Waals surface area (Å²) in [5.41, 5.74) is 1.08. The summed E-state index contributed by atoms with van der Waals surface area (Å²) < 4.78 is 1.08. The van der Waals surface area contributed by atoms with Gasteiger partial charge in [0, 0.05) is 28.0 Å². The minimum Gasteiger partial charge on any atom is -0.478 e. The fourth-order valence-corrected chi connectivity index (χ4v) is 3.33. The van der Waals surface area contributed by atoms with Crippen molar-refractivity contribution in [3.63, 3.8) is 0 Å². The Morgan fingerprint density at radius 1 is 1.53 bits per heavy atom. The Morgan fingerprint density at radius 2 is 2.26 bits per heavy atom. The van der Waals surface area contributed by atoms with E-state index in [1.54, 1.807) is 17.4 Å². The number of aryl methyl sites for hydroxylation is 1. The zero-order valence-electron chi connectivity index (χ0n) is 10.6. The molecule has 2 aromatic heterocycles. The number of halogens is 1. The molecule has 0 radical (unpaired) electrons. The normalized spacial score (nSPS) is 10.5. The fraction of sp³-hybridized carbons (Fsp3) is 0.231. The Labute approximate surface area is 123 Å². The first-order valence-corrected chi connectivity index (χ1v) is 7.28. The summed E-state index contributed by atoms with van der Waals surface area (Å²) in [4.78, 5) is 18.3. The Morgan fingerprint density at radius 3 is 2.79 bits per heavy atom. The van der Waals surface area contributed by atoms with Crippen LogP contribution in [0.2, 0.25) is 0 Å². The zero-order chi connectivity index (χ0) is 14.0. The van der Waals surface area contributed by atoms with Crippen LogP contribution >= 0.6 is 27.3 Å². The second-order valence-corrected chi connectivity index (χ2v) is 6.17. The molecule has 0 amide bonds. The van der Waals surface area contributed by atoms with E-state index in [0.29, 0.717) is 0 Å². The highest BCUT2D eigenvalue weighted by Gasteiger charge is 2.11. The van der Waals surface area contributed by atoms with Gasteiger partial charge in [0.15, 0.2) is 0 Å². The van der Waals surface area contributed by atoms with Crippen molar-refractivity contribution in [3.05, 3.63) is 44.2 Å². The summed E-state index contributed by atoms with van der Waals surface area (Å²) in [6.07, 6.45) is 1.39. The average molecular weight is 341 g/mol. The van der Waals surface area contributed by atoms with Crippen LogP contribution in [0.25, 0.3) is 0 Å². The number of carbonyl (C=O) groups is 1. The third kappa shape index (κ3) is 3.33. The number of carboxylic acid groups (broad SMARTS) is 1. The number of pyridine rings is 1. The number of hydrogen-bond donors (Lipinski definition) is 1. The lowest BCUT2D eigenvalue weighted by Gasteiger charge is -2.19. The number of rotatable bonds is 4. The molecule has 4 nitrogen and oxygen atoms in total. The molecule has 0 unspecified atom stereocenters.